The van der Waals surface area contributed by atoms with Crippen molar-refractivity contribution in [1.82, 2.24) is 5.32 Å². The summed E-state index contributed by atoms with van der Waals surface area (Å²) in [6, 6.07) is 4.29. The Labute approximate surface area is 110 Å². The van der Waals surface area contributed by atoms with Crippen LogP contribution in [0.3, 0.4) is 0 Å². The molecule has 18 heavy (non-hydrogen) atoms. The Bertz CT molecular complexity index is 528. The van der Waals surface area contributed by atoms with Gasteiger partial charge in [-0.05, 0) is 26.0 Å². The SMILES string of the molecule is COc1cc(N2C(=O)NC(C)(C)C2=O)ccc1Cl. The Kier molecular flexibility index (Phi) is 2.94. The summed E-state index contributed by atoms with van der Waals surface area (Å²) in [5.41, 5.74) is -0.464. The highest BCUT2D eigenvalue weighted by Gasteiger charge is 2.45. The van der Waals surface area contributed by atoms with Crippen LogP contribution in [-0.4, -0.2) is 24.6 Å². The van der Waals surface area contributed by atoms with Gasteiger partial charge in [0.2, 0.25) is 0 Å². The summed E-state index contributed by atoms with van der Waals surface area (Å²) in [5.74, 6) is 0.108. The molecule has 0 spiro atoms. The van der Waals surface area contributed by atoms with Gasteiger partial charge in [0.25, 0.3) is 5.91 Å². The molecule has 1 N–H and O–H groups in total. The molecule has 0 radical (unpaired) electrons. The second kappa shape index (κ2) is 4.17. The Hall–Kier alpha value is -1.75. The van der Waals surface area contributed by atoms with E-state index in [4.69, 9.17) is 16.3 Å². The van der Waals surface area contributed by atoms with Crippen LogP contribution in [0.2, 0.25) is 5.02 Å². The summed E-state index contributed by atoms with van der Waals surface area (Å²) in [6.45, 7) is 3.31. The van der Waals surface area contributed by atoms with Gasteiger partial charge in [0.05, 0.1) is 17.8 Å². The fraction of sp³-hybridized carbons (Fsp3) is 0.333. The number of hydrogen-bond acceptors (Lipinski definition) is 3. The first-order chi connectivity index (χ1) is 8.36. The van der Waals surface area contributed by atoms with Gasteiger partial charge in [-0.3, -0.25) is 4.79 Å². The van der Waals surface area contributed by atoms with E-state index < -0.39 is 11.6 Å². The van der Waals surface area contributed by atoms with E-state index in [1.54, 1.807) is 32.0 Å². The van der Waals surface area contributed by atoms with Crippen molar-refractivity contribution in [2.24, 2.45) is 0 Å². The second-order valence-electron chi connectivity index (χ2n) is 4.51. The van der Waals surface area contributed by atoms with Gasteiger partial charge in [0.1, 0.15) is 11.3 Å². The molecule has 1 heterocycles. The topological polar surface area (TPSA) is 58.6 Å². The van der Waals surface area contributed by atoms with Crippen LogP contribution >= 0.6 is 11.6 Å². The monoisotopic (exact) mass is 268 g/mol. The van der Waals surface area contributed by atoms with Gasteiger partial charge >= 0.3 is 6.03 Å². The highest BCUT2D eigenvalue weighted by molar-refractivity contribution is 6.32. The summed E-state index contributed by atoms with van der Waals surface area (Å²) < 4.78 is 5.07. The lowest BCUT2D eigenvalue weighted by Gasteiger charge is -2.16. The third-order valence-electron chi connectivity index (χ3n) is 2.75. The van der Waals surface area contributed by atoms with E-state index in [1.165, 1.54) is 7.11 Å². The number of hydrogen-bond donors (Lipinski definition) is 1. The lowest BCUT2D eigenvalue weighted by atomic mass is 10.1. The van der Waals surface area contributed by atoms with Crippen LogP contribution in [0, 0.1) is 0 Å². The van der Waals surface area contributed by atoms with Crippen LogP contribution in [-0.2, 0) is 4.79 Å². The fourth-order valence-electron chi connectivity index (χ4n) is 1.77. The van der Waals surface area contributed by atoms with E-state index in [1.807, 2.05) is 0 Å². The van der Waals surface area contributed by atoms with E-state index >= 15 is 0 Å². The highest BCUT2D eigenvalue weighted by atomic mass is 35.5. The molecule has 5 nitrogen and oxygen atoms in total. The lowest BCUT2D eigenvalue weighted by molar-refractivity contribution is -0.120. The number of ether oxygens (including phenoxy) is 1. The third kappa shape index (κ3) is 1.90. The van der Waals surface area contributed by atoms with Crippen LogP contribution in [0.1, 0.15) is 13.8 Å². The zero-order valence-corrected chi connectivity index (χ0v) is 11.0. The minimum atomic E-state index is -0.899. The van der Waals surface area contributed by atoms with Gasteiger partial charge in [-0.1, -0.05) is 11.6 Å². The maximum absolute atomic E-state index is 12.1. The van der Waals surface area contributed by atoms with Gasteiger partial charge in [-0.15, -0.1) is 0 Å². The molecular weight excluding hydrogens is 256 g/mol. The summed E-state index contributed by atoms with van der Waals surface area (Å²) in [4.78, 5) is 25.0. The smallest absolute Gasteiger partial charge is 0.329 e. The first kappa shape index (κ1) is 12.7. The molecule has 1 fully saturated rings. The maximum Gasteiger partial charge on any atom is 0.329 e. The Morgan fingerprint density at radius 1 is 1.33 bits per heavy atom. The zero-order valence-electron chi connectivity index (χ0n) is 10.3. The Balaban J connectivity index is 2.44. The molecule has 0 unspecified atom stereocenters. The van der Waals surface area contributed by atoms with Gasteiger partial charge in [-0.25, -0.2) is 9.69 Å². The molecule has 0 bridgehead atoms. The zero-order chi connectivity index (χ0) is 13.5. The molecule has 96 valence electrons. The van der Waals surface area contributed by atoms with Crippen molar-refractivity contribution in [3.63, 3.8) is 0 Å². The maximum atomic E-state index is 12.1. The molecule has 1 aliphatic rings. The number of urea groups is 1. The predicted octanol–water partition coefficient (Wildman–Crippen LogP) is 2.18. The predicted molar refractivity (Wildman–Crippen MR) is 68.1 cm³/mol. The van der Waals surface area contributed by atoms with Crippen molar-refractivity contribution in [3.8, 4) is 5.75 Å². The second-order valence-corrected chi connectivity index (χ2v) is 4.92. The number of amides is 3. The molecule has 0 saturated carbocycles. The third-order valence-corrected chi connectivity index (χ3v) is 3.07. The van der Waals surface area contributed by atoms with Crippen LogP contribution in [0.4, 0.5) is 10.5 Å². The van der Waals surface area contributed by atoms with Crippen molar-refractivity contribution in [1.29, 1.82) is 0 Å². The number of carbonyl (C=O) groups excluding carboxylic acids is 2. The van der Waals surface area contributed by atoms with E-state index in [-0.39, 0.29) is 5.91 Å². The molecule has 1 aliphatic heterocycles. The van der Waals surface area contributed by atoms with Crippen molar-refractivity contribution in [2.45, 2.75) is 19.4 Å². The minimum absolute atomic E-state index is 0.308. The molecule has 0 aromatic heterocycles. The summed E-state index contributed by atoms with van der Waals surface area (Å²) in [6.07, 6.45) is 0. The quantitative estimate of drug-likeness (QED) is 0.837. The average Bonchev–Trinajstić information content (AvgIpc) is 2.50. The van der Waals surface area contributed by atoms with E-state index in [0.717, 1.165) is 4.90 Å². The fourth-order valence-corrected chi connectivity index (χ4v) is 1.97. The van der Waals surface area contributed by atoms with Crippen LogP contribution < -0.4 is 15.0 Å². The average molecular weight is 269 g/mol. The molecular formula is C12H13ClN2O3. The van der Waals surface area contributed by atoms with Crippen LogP contribution in [0.25, 0.3) is 0 Å². The molecule has 1 aromatic carbocycles. The molecule has 1 aromatic rings. The van der Waals surface area contributed by atoms with E-state index in [9.17, 15) is 9.59 Å². The highest BCUT2D eigenvalue weighted by Crippen LogP contribution is 2.32. The lowest BCUT2D eigenvalue weighted by Crippen LogP contribution is -2.40. The molecule has 1 saturated heterocycles. The number of rotatable bonds is 2. The number of halogens is 1. The number of nitrogens with zero attached hydrogens (tertiary/aromatic N) is 1. The number of imide groups is 1. The molecule has 0 aliphatic carbocycles. The van der Waals surface area contributed by atoms with Crippen LogP contribution in [0.5, 0.6) is 5.75 Å². The van der Waals surface area contributed by atoms with Crippen molar-refractivity contribution < 1.29 is 14.3 Å². The number of anilines is 1. The van der Waals surface area contributed by atoms with Gasteiger partial charge in [0.15, 0.2) is 0 Å². The Morgan fingerprint density at radius 2 is 2.00 bits per heavy atom. The summed E-state index contributed by atoms with van der Waals surface area (Å²) >= 11 is 5.90. The molecule has 0 atom stereocenters. The van der Waals surface area contributed by atoms with Crippen molar-refractivity contribution in [2.75, 3.05) is 12.0 Å². The first-order valence-corrected chi connectivity index (χ1v) is 5.75. The standard InChI is InChI=1S/C12H13ClN2O3/c1-12(2)10(16)15(11(17)14-12)7-4-5-8(13)9(6-7)18-3/h4-6H,1-3H3,(H,14,17). The van der Waals surface area contributed by atoms with Crippen LogP contribution in [0.15, 0.2) is 18.2 Å². The Morgan fingerprint density at radius 3 is 2.50 bits per heavy atom. The number of methoxy groups -OCH3 is 1. The van der Waals surface area contributed by atoms with E-state index in [0.29, 0.717) is 16.5 Å². The molecule has 6 heteroatoms. The first-order valence-electron chi connectivity index (χ1n) is 5.37. The van der Waals surface area contributed by atoms with Gasteiger partial charge in [-0.2, -0.15) is 0 Å². The normalized spacial score (nSPS) is 17.9. The van der Waals surface area contributed by atoms with Gasteiger partial charge < -0.3 is 10.1 Å². The minimum Gasteiger partial charge on any atom is -0.495 e. The number of nitrogens with one attached hydrogen (secondary N) is 1. The van der Waals surface area contributed by atoms with Gasteiger partial charge in [0, 0.05) is 6.07 Å². The summed E-state index contributed by atoms with van der Waals surface area (Å²) in [5, 5.41) is 3.03. The molecule has 3 amide bonds. The van der Waals surface area contributed by atoms with E-state index in [2.05, 4.69) is 5.32 Å². The number of benzene rings is 1. The number of carbonyl (C=O) groups is 2. The summed E-state index contributed by atoms with van der Waals surface area (Å²) in [7, 11) is 1.47. The molecule has 2 rings (SSSR count). The van der Waals surface area contributed by atoms with Crippen molar-refractivity contribution >= 4 is 29.2 Å². The van der Waals surface area contributed by atoms with Crippen molar-refractivity contribution in [3.05, 3.63) is 23.2 Å². The largest absolute Gasteiger partial charge is 0.495 e.